The number of aliphatic hydroxyl groups is 1. The molecule has 0 aliphatic carbocycles. The van der Waals surface area contributed by atoms with Crippen LogP contribution in [0.25, 0.3) is 0 Å². The average Bonchev–Trinajstić information content (AvgIpc) is 1.89. The second kappa shape index (κ2) is 2.56. The highest BCUT2D eigenvalue weighted by atomic mass is 16.3. The molecule has 0 saturated carbocycles. The molecular formula is C4H8N4O. The summed E-state index contributed by atoms with van der Waals surface area (Å²) in [6, 6.07) is 0. The summed E-state index contributed by atoms with van der Waals surface area (Å²) < 4.78 is 0. The Morgan fingerprint density at radius 2 is 2.56 bits per heavy atom. The van der Waals surface area contributed by atoms with Gasteiger partial charge in [-0.2, -0.15) is 0 Å². The van der Waals surface area contributed by atoms with Crippen LogP contribution in [0, 0.1) is 0 Å². The SMILES string of the molecule is NC1N=CN=CN1CO. The molecule has 9 heavy (non-hydrogen) atoms. The van der Waals surface area contributed by atoms with E-state index >= 15 is 0 Å². The van der Waals surface area contributed by atoms with Crippen molar-refractivity contribution in [1.29, 1.82) is 0 Å². The topological polar surface area (TPSA) is 74.2 Å². The Morgan fingerprint density at radius 1 is 1.78 bits per heavy atom. The minimum Gasteiger partial charge on any atom is -0.376 e. The zero-order chi connectivity index (χ0) is 6.69. The van der Waals surface area contributed by atoms with Gasteiger partial charge in [0.05, 0.1) is 6.34 Å². The van der Waals surface area contributed by atoms with Crippen LogP contribution in [0.15, 0.2) is 9.98 Å². The van der Waals surface area contributed by atoms with Gasteiger partial charge in [0, 0.05) is 0 Å². The molecule has 0 aromatic heterocycles. The van der Waals surface area contributed by atoms with Gasteiger partial charge in [-0.15, -0.1) is 0 Å². The molecule has 1 heterocycles. The first-order valence-corrected chi connectivity index (χ1v) is 2.51. The number of aliphatic imine (C=N–C) groups is 2. The second-order valence-corrected chi connectivity index (χ2v) is 1.60. The van der Waals surface area contributed by atoms with Gasteiger partial charge < -0.3 is 10.0 Å². The van der Waals surface area contributed by atoms with Gasteiger partial charge in [0.25, 0.3) is 0 Å². The number of nitrogens with zero attached hydrogens (tertiary/aromatic N) is 3. The van der Waals surface area contributed by atoms with Crippen LogP contribution in [-0.4, -0.2) is 35.7 Å². The second-order valence-electron chi connectivity index (χ2n) is 1.60. The van der Waals surface area contributed by atoms with E-state index in [9.17, 15) is 0 Å². The van der Waals surface area contributed by atoms with E-state index in [0.29, 0.717) is 0 Å². The van der Waals surface area contributed by atoms with Gasteiger partial charge >= 0.3 is 0 Å². The van der Waals surface area contributed by atoms with Crippen molar-refractivity contribution in [3.8, 4) is 0 Å². The molecule has 5 heteroatoms. The fourth-order valence-electron chi connectivity index (χ4n) is 0.496. The largest absolute Gasteiger partial charge is 0.376 e. The molecule has 1 rings (SSSR count). The van der Waals surface area contributed by atoms with Crippen LogP contribution in [0.3, 0.4) is 0 Å². The Hall–Kier alpha value is -0.940. The van der Waals surface area contributed by atoms with Crippen LogP contribution >= 0.6 is 0 Å². The molecule has 50 valence electrons. The fraction of sp³-hybridized carbons (Fsp3) is 0.500. The minimum atomic E-state index is -0.479. The lowest BCUT2D eigenvalue weighted by molar-refractivity contribution is 0.142. The lowest BCUT2D eigenvalue weighted by Crippen LogP contribution is -2.41. The zero-order valence-electron chi connectivity index (χ0n) is 4.81. The van der Waals surface area contributed by atoms with Crippen molar-refractivity contribution in [3.63, 3.8) is 0 Å². The van der Waals surface area contributed by atoms with E-state index in [0.717, 1.165) is 0 Å². The molecule has 0 aromatic rings. The number of aliphatic hydroxyl groups excluding tert-OH is 1. The molecule has 0 aromatic carbocycles. The third-order valence-corrected chi connectivity index (χ3v) is 1.00. The lowest BCUT2D eigenvalue weighted by atomic mass is 10.7. The highest BCUT2D eigenvalue weighted by Crippen LogP contribution is 1.92. The Balaban J connectivity index is 2.55. The highest BCUT2D eigenvalue weighted by molar-refractivity contribution is 5.73. The molecule has 0 bridgehead atoms. The third-order valence-electron chi connectivity index (χ3n) is 1.00. The van der Waals surface area contributed by atoms with Crippen LogP contribution in [0.4, 0.5) is 0 Å². The Morgan fingerprint density at radius 3 is 3.00 bits per heavy atom. The van der Waals surface area contributed by atoms with Crippen molar-refractivity contribution in [2.24, 2.45) is 15.7 Å². The molecule has 1 aliphatic rings. The van der Waals surface area contributed by atoms with Crippen LogP contribution < -0.4 is 5.73 Å². The van der Waals surface area contributed by atoms with Crippen LogP contribution in [-0.2, 0) is 0 Å². The van der Waals surface area contributed by atoms with Crippen LogP contribution in [0.2, 0.25) is 0 Å². The zero-order valence-corrected chi connectivity index (χ0v) is 4.81. The van der Waals surface area contributed by atoms with Gasteiger partial charge in [-0.25, -0.2) is 9.98 Å². The van der Waals surface area contributed by atoms with Crippen LogP contribution in [0.1, 0.15) is 0 Å². The lowest BCUT2D eigenvalue weighted by Gasteiger charge is -2.21. The Labute approximate surface area is 52.5 Å². The van der Waals surface area contributed by atoms with E-state index in [1.807, 2.05) is 0 Å². The molecule has 0 amide bonds. The van der Waals surface area contributed by atoms with Crippen molar-refractivity contribution in [3.05, 3.63) is 0 Å². The number of rotatable bonds is 1. The van der Waals surface area contributed by atoms with E-state index in [4.69, 9.17) is 10.8 Å². The maximum absolute atomic E-state index is 8.54. The number of hydrogen-bond acceptors (Lipinski definition) is 5. The van der Waals surface area contributed by atoms with Crippen molar-refractivity contribution < 1.29 is 5.11 Å². The Bertz CT molecular complexity index is 144. The van der Waals surface area contributed by atoms with E-state index in [1.165, 1.54) is 17.6 Å². The molecule has 0 saturated heterocycles. The molecule has 1 atom stereocenters. The summed E-state index contributed by atoms with van der Waals surface area (Å²) in [7, 11) is 0. The maximum Gasteiger partial charge on any atom is 0.177 e. The normalized spacial score (nSPS) is 25.1. The molecular weight excluding hydrogens is 120 g/mol. The molecule has 1 aliphatic heterocycles. The first kappa shape index (κ1) is 6.18. The number of hydrogen-bond donors (Lipinski definition) is 2. The monoisotopic (exact) mass is 128 g/mol. The van der Waals surface area contributed by atoms with Crippen molar-refractivity contribution in [2.75, 3.05) is 6.73 Å². The third kappa shape index (κ3) is 1.24. The summed E-state index contributed by atoms with van der Waals surface area (Å²) in [4.78, 5) is 8.75. The Kier molecular flexibility index (Phi) is 1.76. The smallest absolute Gasteiger partial charge is 0.177 e. The van der Waals surface area contributed by atoms with Gasteiger partial charge in [0.15, 0.2) is 6.29 Å². The molecule has 3 N–H and O–H groups in total. The standard InChI is InChI=1S/C4H8N4O/c5-4-7-1-6-2-8(4)3-9/h1-2,4,9H,3,5H2. The predicted molar refractivity (Wildman–Crippen MR) is 33.9 cm³/mol. The quantitative estimate of drug-likeness (QED) is 0.453. The average molecular weight is 128 g/mol. The van der Waals surface area contributed by atoms with E-state index < -0.39 is 6.29 Å². The summed E-state index contributed by atoms with van der Waals surface area (Å²) in [6.45, 7) is -0.151. The van der Waals surface area contributed by atoms with Crippen molar-refractivity contribution >= 4 is 12.7 Å². The van der Waals surface area contributed by atoms with E-state index in [2.05, 4.69) is 9.98 Å². The summed E-state index contributed by atoms with van der Waals surface area (Å²) in [5.74, 6) is 0. The molecule has 0 fully saturated rings. The summed E-state index contributed by atoms with van der Waals surface area (Å²) in [5.41, 5.74) is 5.37. The molecule has 0 radical (unpaired) electrons. The molecule has 0 spiro atoms. The summed E-state index contributed by atoms with van der Waals surface area (Å²) in [5, 5.41) is 8.54. The van der Waals surface area contributed by atoms with E-state index in [1.54, 1.807) is 0 Å². The molecule has 1 unspecified atom stereocenters. The van der Waals surface area contributed by atoms with Crippen molar-refractivity contribution in [2.45, 2.75) is 6.29 Å². The minimum absolute atomic E-state index is 0.151. The fourth-order valence-corrected chi connectivity index (χ4v) is 0.496. The first-order valence-electron chi connectivity index (χ1n) is 2.51. The van der Waals surface area contributed by atoms with E-state index in [-0.39, 0.29) is 6.73 Å². The summed E-state index contributed by atoms with van der Waals surface area (Å²) >= 11 is 0. The van der Waals surface area contributed by atoms with Gasteiger partial charge in [-0.3, -0.25) is 5.73 Å². The molecule has 5 nitrogen and oxygen atoms in total. The van der Waals surface area contributed by atoms with Gasteiger partial charge in [-0.1, -0.05) is 0 Å². The van der Waals surface area contributed by atoms with Gasteiger partial charge in [0.1, 0.15) is 13.1 Å². The highest BCUT2D eigenvalue weighted by Gasteiger charge is 2.07. The predicted octanol–water partition coefficient (Wildman–Crippen LogP) is -1.45. The van der Waals surface area contributed by atoms with Crippen LogP contribution in [0.5, 0.6) is 0 Å². The number of nitrogens with two attached hydrogens (primary N) is 1. The summed E-state index contributed by atoms with van der Waals surface area (Å²) in [6.07, 6.45) is 2.32. The van der Waals surface area contributed by atoms with Gasteiger partial charge in [-0.05, 0) is 0 Å². The first-order chi connectivity index (χ1) is 4.34. The van der Waals surface area contributed by atoms with Crippen molar-refractivity contribution in [1.82, 2.24) is 4.90 Å². The maximum atomic E-state index is 8.54. The van der Waals surface area contributed by atoms with Gasteiger partial charge in [0.2, 0.25) is 0 Å².